The summed E-state index contributed by atoms with van der Waals surface area (Å²) < 4.78 is 2.27. The molecule has 16 heavy (non-hydrogen) atoms. The van der Waals surface area contributed by atoms with Crippen LogP contribution in [-0.4, -0.2) is 35.7 Å². The Morgan fingerprint density at radius 3 is 2.69 bits per heavy atom. The van der Waals surface area contributed by atoms with E-state index in [2.05, 4.69) is 39.8 Å². The third-order valence-electron chi connectivity index (χ3n) is 3.89. The van der Waals surface area contributed by atoms with Crippen molar-refractivity contribution in [3.63, 3.8) is 0 Å². The van der Waals surface area contributed by atoms with E-state index >= 15 is 0 Å². The van der Waals surface area contributed by atoms with Crippen molar-refractivity contribution in [1.29, 1.82) is 0 Å². The van der Waals surface area contributed by atoms with Gasteiger partial charge in [0, 0.05) is 38.9 Å². The van der Waals surface area contributed by atoms with Crippen molar-refractivity contribution in [3.05, 3.63) is 11.9 Å². The number of fused-ring (bicyclic) bond motifs is 1. The Morgan fingerprint density at radius 1 is 1.38 bits per heavy atom. The summed E-state index contributed by atoms with van der Waals surface area (Å²) in [5.41, 5.74) is 1.13. The number of aryl methyl sites for hydroxylation is 2. The first kappa shape index (κ1) is 10.1. The summed E-state index contributed by atoms with van der Waals surface area (Å²) in [5.74, 6) is 2.85. The highest BCUT2D eigenvalue weighted by Gasteiger charge is 2.37. The Kier molecular flexibility index (Phi) is 2.39. The predicted molar refractivity (Wildman–Crippen MR) is 64.7 cm³/mol. The third kappa shape index (κ3) is 1.52. The zero-order chi connectivity index (χ0) is 11.1. The largest absolute Gasteiger partial charge is 0.342 e. The lowest BCUT2D eigenvalue weighted by Gasteiger charge is -2.19. The molecule has 3 heterocycles. The number of aromatic nitrogens is 2. The fraction of sp³-hybridized carbons (Fsp3) is 0.750. The van der Waals surface area contributed by atoms with Gasteiger partial charge < -0.3 is 14.8 Å². The van der Waals surface area contributed by atoms with E-state index in [1.54, 1.807) is 0 Å². The highest BCUT2D eigenvalue weighted by molar-refractivity contribution is 5.36. The number of imidazole rings is 1. The fourth-order valence-corrected chi connectivity index (χ4v) is 3.04. The molecule has 3 rings (SSSR count). The molecule has 1 aromatic rings. The second-order valence-corrected chi connectivity index (χ2v) is 5.05. The standard InChI is InChI=1S/C12H20N4/c1-3-15-6-9(2)14-12(15)16-7-10-4-13-5-11(10)8-16/h6,10-11,13H,3-5,7-8H2,1-2H3. The Morgan fingerprint density at radius 2 is 2.06 bits per heavy atom. The van der Waals surface area contributed by atoms with Gasteiger partial charge in [-0.2, -0.15) is 0 Å². The lowest BCUT2D eigenvalue weighted by molar-refractivity contribution is 0.533. The van der Waals surface area contributed by atoms with Crippen LogP contribution >= 0.6 is 0 Å². The fourth-order valence-electron chi connectivity index (χ4n) is 3.04. The molecule has 0 spiro atoms. The highest BCUT2D eigenvalue weighted by atomic mass is 15.3. The molecule has 0 amide bonds. The Bertz CT molecular complexity index is 372. The van der Waals surface area contributed by atoms with Crippen LogP contribution in [0.2, 0.25) is 0 Å². The molecule has 2 atom stereocenters. The van der Waals surface area contributed by atoms with Crippen molar-refractivity contribution in [2.24, 2.45) is 11.8 Å². The molecule has 2 fully saturated rings. The number of nitrogens with zero attached hydrogens (tertiary/aromatic N) is 3. The lowest BCUT2D eigenvalue weighted by Crippen LogP contribution is -2.27. The van der Waals surface area contributed by atoms with Gasteiger partial charge in [0.1, 0.15) is 0 Å². The van der Waals surface area contributed by atoms with Gasteiger partial charge in [-0.1, -0.05) is 0 Å². The molecule has 0 bridgehead atoms. The minimum absolute atomic E-state index is 0.835. The molecule has 0 saturated carbocycles. The summed E-state index contributed by atoms with van der Waals surface area (Å²) in [4.78, 5) is 7.12. The number of anilines is 1. The Labute approximate surface area is 96.7 Å². The van der Waals surface area contributed by atoms with Crippen LogP contribution in [0, 0.1) is 18.8 Å². The van der Waals surface area contributed by atoms with Gasteiger partial charge in [0.15, 0.2) is 0 Å². The van der Waals surface area contributed by atoms with Gasteiger partial charge in [0.2, 0.25) is 5.95 Å². The van der Waals surface area contributed by atoms with E-state index in [0.717, 1.165) is 24.1 Å². The molecule has 88 valence electrons. The smallest absolute Gasteiger partial charge is 0.205 e. The maximum atomic E-state index is 4.66. The second-order valence-electron chi connectivity index (χ2n) is 5.05. The van der Waals surface area contributed by atoms with Crippen molar-refractivity contribution >= 4 is 5.95 Å². The molecule has 0 radical (unpaired) electrons. The molecule has 1 aromatic heterocycles. The molecular formula is C12H20N4. The summed E-state index contributed by atoms with van der Waals surface area (Å²) in [6, 6.07) is 0. The van der Waals surface area contributed by atoms with Gasteiger partial charge in [0.25, 0.3) is 0 Å². The van der Waals surface area contributed by atoms with Gasteiger partial charge in [-0.3, -0.25) is 0 Å². The van der Waals surface area contributed by atoms with E-state index in [1.807, 2.05) is 0 Å². The van der Waals surface area contributed by atoms with E-state index in [0.29, 0.717) is 0 Å². The second kappa shape index (κ2) is 3.77. The minimum atomic E-state index is 0.835. The summed E-state index contributed by atoms with van der Waals surface area (Å²) in [6.07, 6.45) is 2.15. The molecule has 0 aliphatic carbocycles. The average molecular weight is 220 g/mol. The van der Waals surface area contributed by atoms with Crippen LogP contribution in [0.25, 0.3) is 0 Å². The number of rotatable bonds is 2. The molecule has 2 aliphatic rings. The van der Waals surface area contributed by atoms with E-state index < -0.39 is 0 Å². The quantitative estimate of drug-likeness (QED) is 0.803. The highest BCUT2D eigenvalue weighted by Crippen LogP contribution is 2.29. The topological polar surface area (TPSA) is 33.1 Å². The van der Waals surface area contributed by atoms with Crippen molar-refractivity contribution in [2.45, 2.75) is 20.4 Å². The monoisotopic (exact) mass is 220 g/mol. The molecule has 2 unspecified atom stereocenters. The summed E-state index contributed by atoms with van der Waals surface area (Å²) in [5, 5.41) is 3.48. The van der Waals surface area contributed by atoms with Gasteiger partial charge in [0.05, 0.1) is 5.69 Å². The van der Waals surface area contributed by atoms with Crippen LogP contribution in [0.1, 0.15) is 12.6 Å². The Balaban J connectivity index is 1.82. The zero-order valence-electron chi connectivity index (χ0n) is 10.1. The maximum absolute atomic E-state index is 4.66. The molecule has 2 aliphatic heterocycles. The van der Waals surface area contributed by atoms with Gasteiger partial charge in [-0.15, -0.1) is 0 Å². The van der Waals surface area contributed by atoms with E-state index in [4.69, 9.17) is 0 Å². The van der Waals surface area contributed by atoms with Crippen LogP contribution in [0.3, 0.4) is 0 Å². The van der Waals surface area contributed by atoms with E-state index in [1.165, 1.54) is 32.1 Å². The number of hydrogen-bond donors (Lipinski definition) is 1. The normalized spacial score (nSPS) is 28.8. The number of nitrogens with one attached hydrogen (secondary N) is 1. The minimum Gasteiger partial charge on any atom is -0.342 e. The van der Waals surface area contributed by atoms with Crippen molar-refractivity contribution in [2.75, 3.05) is 31.1 Å². The van der Waals surface area contributed by atoms with Crippen LogP contribution in [-0.2, 0) is 6.54 Å². The summed E-state index contributed by atoms with van der Waals surface area (Å²) in [6.45, 7) is 10.00. The van der Waals surface area contributed by atoms with Crippen LogP contribution < -0.4 is 10.2 Å². The first-order valence-corrected chi connectivity index (χ1v) is 6.27. The molecule has 4 nitrogen and oxygen atoms in total. The van der Waals surface area contributed by atoms with Crippen molar-refractivity contribution in [3.8, 4) is 0 Å². The molecule has 0 aromatic carbocycles. The van der Waals surface area contributed by atoms with Crippen molar-refractivity contribution in [1.82, 2.24) is 14.9 Å². The first-order chi connectivity index (χ1) is 7.78. The first-order valence-electron chi connectivity index (χ1n) is 6.27. The van der Waals surface area contributed by atoms with E-state index in [9.17, 15) is 0 Å². The third-order valence-corrected chi connectivity index (χ3v) is 3.89. The summed E-state index contributed by atoms with van der Waals surface area (Å²) >= 11 is 0. The SMILES string of the molecule is CCn1cc(C)nc1N1CC2CNCC2C1. The molecule has 4 heteroatoms. The Hall–Kier alpha value is -1.03. The number of hydrogen-bond acceptors (Lipinski definition) is 3. The van der Waals surface area contributed by atoms with Crippen LogP contribution in [0.5, 0.6) is 0 Å². The van der Waals surface area contributed by atoms with Crippen molar-refractivity contribution < 1.29 is 0 Å². The van der Waals surface area contributed by atoms with Gasteiger partial charge in [-0.05, 0) is 25.7 Å². The lowest BCUT2D eigenvalue weighted by atomic mass is 10.0. The summed E-state index contributed by atoms with van der Waals surface area (Å²) in [7, 11) is 0. The molecule has 1 N–H and O–H groups in total. The average Bonchev–Trinajstić information content (AvgIpc) is 2.88. The maximum Gasteiger partial charge on any atom is 0.205 e. The zero-order valence-corrected chi connectivity index (χ0v) is 10.1. The molecular weight excluding hydrogens is 200 g/mol. The van der Waals surface area contributed by atoms with Crippen LogP contribution in [0.4, 0.5) is 5.95 Å². The van der Waals surface area contributed by atoms with Gasteiger partial charge >= 0.3 is 0 Å². The van der Waals surface area contributed by atoms with E-state index in [-0.39, 0.29) is 0 Å². The van der Waals surface area contributed by atoms with Crippen LogP contribution in [0.15, 0.2) is 6.20 Å². The molecule has 2 saturated heterocycles. The predicted octanol–water partition coefficient (Wildman–Crippen LogP) is 0.867. The van der Waals surface area contributed by atoms with Gasteiger partial charge in [-0.25, -0.2) is 4.98 Å².